The molecule has 1 N–H and O–H groups in total. The Labute approximate surface area is 176 Å². The van der Waals surface area contributed by atoms with Gasteiger partial charge in [0.25, 0.3) is 5.91 Å². The summed E-state index contributed by atoms with van der Waals surface area (Å²) in [5.41, 5.74) is 4.58. The van der Waals surface area contributed by atoms with E-state index in [0.29, 0.717) is 30.9 Å². The predicted molar refractivity (Wildman–Crippen MR) is 118 cm³/mol. The molecule has 0 unspecified atom stereocenters. The molecule has 0 atom stereocenters. The molecule has 1 saturated heterocycles. The van der Waals surface area contributed by atoms with Gasteiger partial charge in [0.15, 0.2) is 5.43 Å². The molecular formula is C24H27N3O3. The van der Waals surface area contributed by atoms with Crippen molar-refractivity contribution in [1.82, 2.24) is 14.8 Å². The lowest BCUT2D eigenvalue weighted by molar-refractivity contribution is 0.0624. The van der Waals surface area contributed by atoms with E-state index in [1.807, 2.05) is 49.1 Å². The SMILES string of the molecule is COc1ccccc1C(=O)N1CCN(Cc2cc(=O)c3c(C)cc(C)cc3[nH]2)CC1. The first-order chi connectivity index (χ1) is 14.5. The molecule has 6 nitrogen and oxygen atoms in total. The second-order valence-corrected chi connectivity index (χ2v) is 7.93. The van der Waals surface area contributed by atoms with Gasteiger partial charge in [-0.25, -0.2) is 0 Å². The fraction of sp³-hybridized carbons (Fsp3) is 0.333. The van der Waals surface area contributed by atoms with E-state index in [0.717, 1.165) is 40.8 Å². The summed E-state index contributed by atoms with van der Waals surface area (Å²) in [5.74, 6) is 0.599. The molecule has 1 amide bonds. The van der Waals surface area contributed by atoms with E-state index in [-0.39, 0.29) is 11.3 Å². The lowest BCUT2D eigenvalue weighted by Gasteiger charge is -2.34. The third-order valence-corrected chi connectivity index (χ3v) is 5.72. The Hall–Kier alpha value is -3.12. The van der Waals surface area contributed by atoms with Crippen molar-refractivity contribution in [2.75, 3.05) is 33.3 Å². The number of H-pyrrole nitrogens is 1. The van der Waals surface area contributed by atoms with Crippen molar-refractivity contribution in [2.24, 2.45) is 0 Å². The Morgan fingerprint density at radius 3 is 2.53 bits per heavy atom. The summed E-state index contributed by atoms with van der Waals surface area (Å²) in [6.07, 6.45) is 0. The van der Waals surface area contributed by atoms with E-state index in [1.165, 1.54) is 0 Å². The van der Waals surface area contributed by atoms with E-state index in [2.05, 4.69) is 9.88 Å². The maximum Gasteiger partial charge on any atom is 0.257 e. The largest absolute Gasteiger partial charge is 0.496 e. The first kappa shape index (κ1) is 20.2. The Morgan fingerprint density at radius 2 is 1.80 bits per heavy atom. The fourth-order valence-electron chi connectivity index (χ4n) is 4.26. The van der Waals surface area contributed by atoms with Gasteiger partial charge in [-0.2, -0.15) is 0 Å². The van der Waals surface area contributed by atoms with Gasteiger partial charge in [0, 0.05) is 49.9 Å². The molecule has 0 radical (unpaired) electrons. The van der Waals surface area contributed by atoms with Crippen molar-refractivity contribution in [3.8, 4) is 5.75 Å². The van der Waals surface area contributed by atoms with E-state index in [9.17, 15) is 9.59 Å². The molecule has 0 saturated carbocycles. The van der Waals surface area contributed by atoms with Gasteiger partial charge < -0.3 is 14.6 Å². The lowest BCUT2D eigenvalue weighted by Crippen LogP contribution is -2.48. The molecule has 0 bridgehead atoms. The number of amides is 1. The van der Waals surface area contributed by atoms with Crippen molar-refractivity contribution in [3.05, 3.63) is 75.1 Å². The van der Waals surface area contributed by atoms with Gasteiger partial charge in [-0.1, -0.05) is 18.2 Å². The highest BCUT2D eigenvalue weighted by atomic mass is 16.5. The minimum absolute atomic E-state index is 0.00263. The number of ether oxygens (including phenoxy) is 1. The number of rotatable bonds is 4. The van der Waals surface area contributed by atoms with Crippen molar-refractivity contribution in [1.29, 1.82) is 0 Å². The number of aromatic amines is 1. The van der Waals surface area contributed by atoms with Crippen LogP contribution in [0, 0.1) is 13.8 Å². The Morgan fingerprint density at radius 1 is 1.07 bits per heavy atom. The average Bonchev–Trinajstić information content (AvgIpc) is 2.73. The molecule has 0 spiro atoms. The summed E-state index contributed by atoms with van der Waals surface area (Å²) >= 11 is 0. The summed E-state index contributed by atoms with van der Waals surface area (Å²) in [6.45, 7) is 7.48. The second-order valence-electron chi connectivity index (χ2n) is 7.93. The van der Waals surface area contributed by atoms with Crippen molar-refractivity contribution >= 4 is 16.8 Å². The molecule has 1 aromatic heterocycles. The minimum atomic E-state index is -0.00263. The summed E-state index contributed by atoms with van der Waals surface area (Å²) in [6, 6.07) is 13.1. The maximum atomic E-state index is 12.9. The van der Waals surface area contributed by atoms with E-state index < -0.39 is 0 Å². The number of carbonyl (C=O) groups excluding carboxylic acids is 1. The standard InChI is InChI=1S/C24H27N3O3/c1-16-12-17(2)23-20(13-16)25-18(14-21(23)28)15-26-8-10-27(11-9-26)24(29)19-6-4-5-7-22(19)30-3/h4-7,12-14H,8-11,15H2,1-3H3,(H,25,28). The highest BCUT2D eigenvalue weighted by molar-refractivity contribution is 5.97. The number of nitrogens with one attached hydrogen (secondary N) is 1. The predicted octanol–water partition coefficient (Wildman–Crippen LogP) is 3.11. The molecule has 1 aliphatic heterocycles. The van der Waals surface area contributed by atoms with Crippen molar-refractivity contribution in [3.63, 3.8) is 0 Å². The topological polar surface area (TPSA) is 65.6 Å². The summed E-state index contributed by atoms with van der Waals surface area (Å²) in [5, 5.41) is 0.761. The number of carbonyl (C=O) groups is 1. The number of fused-ring (bicyclic) bond motifs is 1. The van der Waals surface area contributed by atoms with Gasteiger partial charge in [0.2, 0.25) is 0 Å². The third-order valence-electron chi connectivity index (χ3n) is 5.72. The maximum absolute atomic E-state index is 12.9. The Bertz CT molecular complexity index is 1140. The number of piperazine rings is 1. The van der Waals surface area contributed by atoms with E-state index in [1.54, 1.807) is 19.2 Å². The number of aryl methyl sites for hydroxylation is 2. The highest BCUT2D eigenvalue weighted by Gasteiger charge is 2.24. The van der Waals surface area contributed by atoms with Crippen LogP contribution < -0.4 is 10.2 Å². The normalized spacial score (nSPS) is 14.8. The molecule has 1 aliphatic rings. The number of methoxy groups -OCH3 is 1. The molecule has 156 valence electrons. The fourth-order valence-corrected chi connectivity index (χ4v) is 4.26. The lowest BCUT2D eigenvalue weighted by atomic mass is 10.1. The van der Waals surface area contributed by atoms with Crippen molar-refractivity contribution < 1.29 is 9.53 Å². The summed E-state index contributed by atoms with van der Waals surface area (Å²) in [7, 11) is 1.58. The smallest absolute Gasteiger partial charge is 0.257 e. The molecule has 4 rings (SSSR count). The van der Waals surface area contributed by atoms with Crippen LogP contribution in [-0.2, 0) is 6.54 Å². The minimum Gasteiger partial charge on any atom is -0.496 e. The van der Waals surface area contributed by atoms with Crippen LogP contribution in [0.4, 0.5) is 0 Å². The van der Waals surface area contributed by atoms with Gasteiger partial charge in [-0.05, 0) is 43.2 Å². The van der Waals surface area contributed by atoms with Crippen LogP contribution in [0.15, 0.2) is 47.3 Å². The van der Waals surface area contributed by atoms with Crippen LogP contribution in [-0.4, -0.2) is 54.0 Å². The summed E-state index contributed by atoms with van der Waals surface area (Å²) in [4.78, 5) is 33.1. The molecule has 6 heteroatoms. The molecule has 0 aliphatic carbocycles. The first-order valence-electron chi connectivity index (χ1n) is 10.2. The van der Waals surface area contributed by atoms with Crippen LogP contribution in [0.1, 0.15) is 27.2 Å². The van der Waals surface area contributed by atoms with Crippen LogP contribution in [0.25, 0.3) is 10.9 Å². The first-order valence-corrected chi connectivity index (χ1v) is 10.2. The highest BCUT2D eigenvalue weighted by Crippen LogP contribution is 2.21. The zero-order valence-corrected chi connectivity index (χ0v) is 17.7. The quantitative estimate of drug-likeness (QED) is 0.724. The van der Waals surface area contributed by atoms with E-state index >= 15 is 0 Å². The zero-order chi connectivity index (χ0) is 21.3. The van der Waals surface area contributed by atoms with Crippen LogP contribution in [0.2, 0.25) is 0 Å². The molecule has 2 aromatic carbocycles. The van der Waals surface area contributed by atoms with Crippen LogP contribution >= 0.6 is 0 Å². The number of benzene rings is 2. The van der Waals surface area contributed by atoms with Gasteiger partial charge in [0.1, 0.15) is 5.75 Å². The monoisotopic (exact) mass is 405 g/mol. The van der Waals surface area contributed by atoms with E-state index in [4.69, 9.17) is 4.74 Å². The van der Waals surface area contributed by atoms with Gasteiger partial charge in [0.05, 0.1) is 18.2 Å². The third kappa shape index (κ3) is 3.96. The molecule has 3 aromatic rings. The Balaban J connectivity index is 1.45. The average molecular weight is 405 g/mol. The van der Waals surface area contributed by atoms with Crippen LogP contribution in [0.3, 0.4) is 0 Å². The van der Waals surface area contributed by atoms with Crippen molar-refractivity contribution in [2.45, 2.75) is 20.4 Å². The molecule has 30 heavy (non-hydrogen) atoms. The number of para-hydroxylation sites is 1. The van der Waals surface area contributed by atoms with Gasteiger partial charge in [-0.3, -0.25) is 14.5 Å². The summed E-state index contributed by atoms with van der Waals surface area (Å²) < 4.78 is 5.33. The number of nitrogens with zero attached hydrogens (tertiary/aromatic N) is 2. The zero-order valence-electron chi connectivity index (χ0n) is 17.7. The number of hydrogen-bond donors (Lipinski definition) is 1. The van der Waals surface area contributed by atoms with Gasteiger partial charge >= 0.3 is 0 Å². The number of aromatic nitrogens is 1. The van der Waals surface area contributed by atoms with Gasteiger partial charge in [-0.15, -0.1) is 0 Å². The molecule has 1 fully saturated rings. The molecule has 2 heterocycles. The number of hydrogen-bond acceptors (Lipinski definition) is 4. The Kier molecular flexibility index (Phi) is 5.59. The van der Waals surface area contributed by atoms with Crippen LogP contribution in [0.5, 0.6) is 5.75 Å². The number of pyridine rings is 1. The second kappa shape index (κ2) is 8.32. The molecular weight excluding hydrogens is 378 g/mol.